The molecule has 0 spiro atoms. The number of benzene rings is 1. The van der Waals surface area contributed by atoms with E-state index >= 15 is 0 Å². The largest absolute Gasteiger partial charge is 0.444 e. The molecule has 4 rings (SSSR count). The molecule has 0 saturated heterocycles. The van der Waals surface area contributed by atoms with Gasteiger partial charge in [-0.2, -0.15) is 0 Å². The molecule has 8 nitrogen and oxygen atoms in total. The SMILES string of the molecule is Cc1cccc(Cn2cnc(NC(=O)c3ccc4c(n3)CCN(C(=O)OC(C)(C)C)C4)c2)c1. The lowest BCUT2D eigenvalue weighted by molar-refractivity contribution is 0.0222. The molecule has 33 heavy (non-hydrogen) atoms. The Labute approximate surface area is 193 Å². The number of ether oxygens (including phenoxy) is 1. The van der Waals surface area contributed by atoms with Crippen LogP contribution >= 0.6 is 0 Å². The molecule has 1 N–H and O–H groups in total. The Balaban J connectivity index is 1.38. The van der Waals surface area contributed by atoms with Crippen LogP contribution in [0.1, 0.15) is 53.6 Å². The van der Waals surface area contributed by atoms with E-state index in [1.54, 1.807) is 23.5 Å². The van der Waals surface area contributed by atoms with Crippen LogP contribution in [0.15, 0.2) is 48.9 Å². The maximum absolute atomic E-state index is 12.7. The van der Waals surface area contributed by atoms with E-state index in [-0.39, 0.29) is 12.0 Å². The minimum absolute atomic E-state index is 0.312. The van der Waals surface area contributed by atoms with E-state index < -0.39 is 5.60 Å². The van der Waals surface area contributed by atoms with Crippen molar-refractivity contribution < 1.29 is 14.3 Å². The minimum atomic E-state index is -0.537. The number of amides is 2. The Bertz CT molecular complexity index is 1180. The minimum Gasteiger partial charge on any atom is -0.444 e. The van der Waals surface area contributed by atoms with Crippen LogP contribution in [0.5, 0.6) is 0 Å². The molecule has 0 saturated carbocycles. The van der Waals surface area contributed by atoms with E-state index in [1.165, 1.54) is 11.1 Å². The van der Waals surface area contributed by atoms with Crippen molar-refractivity contribution in [2.75, 3.05) is 11.9 Å². The molecule has 3 aromatic rings. The van der Waals surface area contributed by atoms with Gasteiger partial charge < -0.3 is 19.5 Å². The third-order valence-electron chi connectivity index (χ3n) is 5.26. The summed E-state index contributed by atoms with van der Waals surface area (Å²) in [6, 6.07) is 11.8. The summed E-state index contributed by atoms with van der Waals surface area (Å²) in [6.45, 7) is 9.20. The molecular formula is C25H29N5O3. The van der Waals surface area contributed by atoms with Gasteiger partial charge in [0.1, 0.15) is 11.3 Å². The average Bonchev–Trinajstić information content (AvgIpc) is 3.18. The molecule has 0 fully saturated rings. The first-order valence-corrected chi connectivity index (χ1v) is 11.0. The highest BCUT2D eigenvalue weighted by Crippen LogP contribution is 2.21. The van der Waals surface area contributed by atoms with Gasteiger partial charge in [-0.15, -0.1) is 0 Å². The fourth-order valence-corrected chi connectivity index (χ4v) is 3.74. The fraction of sp³-hybridized carbons (Fsp3) is 0.360. The summed E-state index contributed by atoms with van der Waals surface area (Å²) in [4.78, 5) is 35.6. The Hall–Kier alpha value is -3.68. The number of pyridine rings is 1. The van der Waals surface area contributed by atoms with Crippen LogP contribution in [0.4, 0.5) is 10.6 Å². The number of hydrogen-bond donors (Lipinski definition) is 1. The molecule has 1 aromatic carbocycles. The third kappa shape index (κ3) is 5.77. The molecule has 8 heteroatoms. The van der Waals surface area contributed by atoms with Crippen molar-refractivity contribution in [3.63, 3.8) is 0 Å². The molecule has 2 aromatic heterocycles. The smallest absolute Gasteiger partial charge is 0.410 e. The van der Waals surface area contributed by atoms with Crippen molar-refractivity contribution in [1.29, 1.82) is 0 Å². The summed E-state index contributed by atoms with van der Waals surface area (Å²) < 4.78 is 7.39. The number of aryl methyl sites for hydroxylation is 1. The number of hydrogen-bond acceptors (Lipinski definition) is 5. The normalized spacial score (nSPS) is 13.4. The average molecular weight is 448 g/mol. The van der Waals surface area contributed by atoms with E-state index in [4.69, 9.17) is 4.74 Å². The predicted octanol–water partition coefficient (Wildman–Crippen LogP) is 4.18. The molecule has 172 valence electrons. The van der Waals surface area contributed by atoms with E-state index in [2.05, 4.69) is 40.4 Å². The van der Waals surface area contributed by atoms with E-state index in [0.717, 1.165) is 11.3 Å². The van der Waals surface area contributed by atoms with Gasteiger partial charge in [-0.1, -0.05) is 35.9 Å². The van der Waals surface area contributed by atoms with Crippen LogP contribution in [0.25, 0.3) is 0 Å². The second-order valence-electron chi connectivity index (χ2n) is 9.33. The molecule has 0 unspecified atom stereocenters. The fourth-order valence-electron chi connectivity index (χ4n) is 3.74. The summed E-state index contributed by atoms with van der Waals surface area (Å²) in [5.41, 5.74) is 3.91. The van der Waals surface area contributed by atoms with Crippen molar-refractivity contribution in [2.45, 2.75) is 52.8 Å². The number of imidazole rings is 1. The van der Waals surface area contributed by atoms with Crippen molar-refractivity contribution >= 4 is 17.8 Å². The number of nitrogens with one attached hydrogen (secondary N) is 1. The number of aromatic nitrogens is 3. The van der Waals surface area contributed by atoms with Gasteiger partial charge in [0.25, 0.3) is 5.91 Å². The number of nitrogens with zero attached hydrogens (tertiary/aromatic N) is 4. The van der Waals surface area contributed by atoms with Gasteiger partial charge in [-0.25, -0.2) is 14.8 Å². The van der Waals surface area contributed by atoms with Crippen LogP contribution in [0, 0.1) is 6.92 Å². The van der Waals surface area contributed by atoms with Crippen LogP contribution < -0.4 is 5.32 Å². The Morgan fingerprint density at radius 1 is 1.18 bits per heavy atom. The summed E-state index contributed by atoms with van der Waals surface area (Å²) >= 11 is 0. The molecular weight excluding hydrogens is 418 g/mol. The lowest BCUT2D eigenvalue weighted by Crippen LogP contribution is -2.40. The first-order chi connectivity index (χ1) is 15.7. The quantitative estimate of drug-likeness (QED) is 0.648. The second kappa shape index (κ2) is 9.05. The summed E-state index contributed by atoms with van der Waals surface area (Å²) in [5.74, 6) is 0.163. The van der Waals surface area contributed by atoms with Gasteiger partial charge in [0.05, 0.1) is 12.9 Å². The van der Waals surface area contributed by atoms with Crippen LogP contribution in [-0.2, 0) is 24.2 Å². The first-order valence-electron chi connectivity index (χ1n) is 11.0. The number of rotatable bonds is 4. The van der Waals surface area contributed by atoms with Crippen molar-refractivity contribution in [1.82, 2.24) is 19.4 Å². The monoisotopic (exact) mass is 447 g/mol. The van der Waals surface area contributed by atoms with E-state index in [0.29, 0.717) is 37.6 Å². The number of carbonyl (C=O) groups excluding carboxylic acids is 2. The zero-order chi connectivity index (χ0) is 23.6. The highest BCUT2D eigenvalue weighted by atomic mass is 16.6. The maximum Gasteiger partial charge on any atom is 0.410 e. The molecule has 0 radical (unpaired) electrons. The molecule has 3 heterocycles. The van der Waals surface area contributed by atoms with Crippen molar-refractivity contribution in [3.05, 3.63) is 77.0 Å². The van der Waals surface area contributed by atoms with Gasteiger partial charge in [-0.05, 0) is 44.9 Å². The van der Waals surface area contributed by atoms with Crippen molar-refractivity contribution in [2.24, 2.45) is 0 Å². The third-order valence-corrected chi connectivity index (χ3v) is 5.26. The molecule has 1 aliphatic rings. The summed E-state index contributed by atoms with van der Waals surface area (Å²) in [6.07, 6.45) is 3.73. The number of anilines is 1. The van der Waals surface area contributed by atoms with Crippen LogP contribution in [0.3, 0.4) is 0 Å². The molecule has 0 atom stereocenters. The topological polar surface area (TPSA) is 89.4 Å². The number of fused-ring (bicyclic) bond motifs is 1. The Kier molecular flexibility index (Phi) is 6.18. The standard InChI is InChI=1S/C25H29N5O3/c1-17-6-5-7-18(12-17)13-29-15-22(26-16-29)28-23(31)21-9-8-19-14-30(11-10-20(19)27-21)24(32)33-25(2,3)4/h5-9,12,15-16H,10-11,13-14H2,1-4H3,(H,28,31). The Morgan fingerprint density at radius 2 is 2.00 bits per heavy atom. The molecule has 1 aliphatic heterocycles. The van der Waals surface area contributed by atoms with Gasteiger partial charge >= 0.3 is 6.09 Å². The van der Waals surface area contributed by atoms with Crippen LogP contribution in [-0.4, -0.2) is 43.6 Å². The Morgan fingerprint density at radius 3 is 2.76 bits per heavy atom. The lowest BCUT2D eigenvalue weighted by Gasteiger charge is -2.30. The second-order valence-corrected chi connectivity index (χ2v) is 9.33. The van der Waals surface area contributed by atoms with Gasteiger partial charge in [0.15, 0.2) is 5.82 Å². The van der Waals surface area contributed by atoms with Gasteiger partial charge in [0.2, 0.25) is 0 Å². The van der Waals surface area contributed by atoms with E-state index in [1.807, 2.05) is 37.5 Å². The van der Waals surface area contributed by atoms with Crippen LogP contribution in [0.2, 0.25) is 0 Å². The van der Waals surface area contributed by atoms with Gasteiger partial charge in [-0.3, -0.25) is 4.79 Å². The zero-order valence-electron chi connectivity index (χ0n) is 19.5. The first kappa shape index (κ1) is 22.5. The lowest BCUT2D eigenvalue weighted by atomic mass is 10.1. The predicted molar refractivity (Wildman–Crippen MR) is 125 cm³/mol. The number of carbonyl (C=O) groups is 2. The molecule has 0 aliphatic carbocycles. The molecule has 2 amide bonds. The van der Waals surface area contributed by atoms with Gasteiger partial charge in [0, 0.05) is 31.4 Å². The summed E-state index contributed by atoms with van der Waals surface area (Å²) in [7, 11) is 0. The summed E-state index contributed by atoms with van der Waals surface area (Å²) in [5, 5.41) is 2.82. The van der Waals surface area contributed by atoms with E-state index in [9.17, 15) is 9.59 Å². The zero-order valence-corrected chi connectivity index (χ0v) is 19.5. The molecule has 0 bridgehead atoms. The highest BCUT2D eigenvalue weighted by molar-refractivity contribution is 6.02. The highest BCUT2D eigenvalue weighted by Gasteiger charge is 2.26. The maximum atomic E-state index is 12.7. The van der Waals surface area contributed by atoms with Crippen molar-refractivity contribution in [3.8, 4) is 0 Å².